The van der Waals surface area contributed by atoms with E-state index in [1.807, 2.05) is 0 Å². The molecular weight excluding hydrogens is 216 g/mol. The summed E-state index contributed by atoms with van der Waals surface area (Å²) in [6, 6.07) is 2.17. The van der Waals surface area contributed by atoms with Crippen LogP contribution in [-0.4, -0.2) is 40.6 Å². The molecule has 2 rings (SSSR count). The molecule has 0 bridgehead atoms. The maximum absolute atomic E-state index is 5.96. The number of nitrogens with two attached hydrogens (primary N) is 1. The molecule has 2 aliphatic heterocycles. The second kappa shape index (κ2) is 5.74. The minimum atomic E-state index is 0.648. The van der Waals surface area contributed by atoms with Crippen molar-refractivity contribution in [3.8, 4) is 0 Å². The third-order valence-electron chi connectivity index (χ3n) is 4.31. The first kappa shape index (κ1) is 12.7. The quantitative estimate of drug-likeness (QED) is 0.806. The second-order valence-corrected chi connectivity index (χ2v) is 6.89. The fourth-order valence-electron chi connectivity index (χ4n) is 3.44. The normalized spacial score (nSPS) is 42.2. The van der Waals surface area contributed by atoms with E-state index in [9.17, 15) is 0 Å². The van der Waals surface area contributed by atoms with Gasteiger partial charge < -0.3 is 5.73 Å². The lowest BCUT2D eigenvalue weighted by Gasteiger charge is -2.48. The Hall–Kier alpha value is 0.270. The van der Waals surface area contributed by atoms with Gasteiger partial charge in [0.05, 0.1) is 0 Å². The molecule has 2 heterocycles. The molecule has 0 spiro atoms. The zero-order valence-corrected chi connectivity index (χ0v) is 11.5. The SMILES string of the molecule is CC1SCCCC1N1C(C)CCCC1CN. The molecule has 16 heavy (non-hydrogen) atoms. The van der Waals surface area contributed by atoms with Gasteiger partial charge in [0.1, 0.15) is 0 Å². The molecule has 0 aromatic rings. The largest absolute Gasteiger partial charge is 0.329 e. The Morgan fingerprint density at radius 3 is 2.69 bits per heavy atom. The van der Waals surface area contributed by atoms with Gasteiger partial charge in [0.15, 0.2) is 0 Å². The van der Waals surface area contributed by atoms with Crippen LogP contribution in [0.4, 0.5) is 0 Å². The number of thioether (sulfide) groups is 1. The van der Waals surface area contributed by atoms with Crippen LogP contribution in [0.3, 0.4) is 0 Å². The van der Waals surface area contributed by atoms with Gasteiger partial charge in [0, 0.05) is 29.9 Å². The van der Waals surface area contributed by atoms with Gasteiger partial charge in [-0.2, -0.15) is 11.8 Å². The summed E-state index contributed by atoms with van der Waals surface area (Å²) in [6.45, 7) is 5.65. The monoisotopic (exact) mass is 242 g/mol. The fraction of sp³-hybridized carbons (Fsp3) is 1.00. The average molecular weight is 242 g/mol. The zero-order valence-electron chi connectivity index (χ0n) is 10.7. The Labute approximate surface area is 104 Å². The molecule has 2 fully saturated rings. The van der Waals surface area contributed by atoms with Crippen LogP contribution in [0.2, 0.25) is 0 Å². The van der Waals surface area contributed by atoms with Gasteiger partial charge in [-0.3, -0.25) is 4.90 Å². The van der Waals surface area contributed by atoms with Crippen molar-refractivity contribution in [2.45, 2.75) is 69.3 Å². The molecule has 4 unspecified atom stereocenters. The summed E-state index contributed by atoms with van der Waals surface area (Å²) in [5, 5.41) is 0.795. The summed E-state index contributed by atoms with van der Waals surface area (Å²) in [5.41, 5.74) is 5.96. The number of nitrogens with zero attached hydrogens (tertiary/aromatic N) is 1. The van der Waals surface area contributed by atoms with E-state index in [1.165, 1.54) is 37.9 Å². The van der Waals surface area contributed by atoms with E-state index in [0.717, 1.165) is 23.9 Å². The van der Waals surface area contributed by atoms with Crippen molar-refractivity contribution in [3.05, 3.63) is 0 Å². The van der Waals surface area contributed by atoms with Crippen LogP contribution in [0.5, 0.6) is 0 Å². The highest BCUT2D eigenvalue weighted by atomic mass is 32.2. The van der Waals surface area contributed by atoms with Gasteiger partial charge in [0.2, 0.25) is 0 Å². The second-order valence-electron chi connectivity index (χ2n) is 5.40. The van der Waals surface area contributed by atoms with Gasteiger partial charge in [-0.05, 0) is 38.4 Å². The van der Waals surface area contributed by atoms with E-state index in [-0.39, 0.29) is 0 Å². The minimum Gasteiger partial charge on any atom is -0.329 e. The van der Waals surface area contributed by atoms with Crippen LogP contribution < -0.4 is 5.73 Å². The summed E-state index contributed by atoms with van der Waals surface area (Å²) in [4.78, 5) is 2.76. The molecule has 2 nitrogen and oxygen atoms in total. The van der Waals surface area contributed by atoms with E-state index in [2.05, 4.69) is 30.5 Å². The van der Waals surface area contributed by atoms with Gasteiger partial charge in [-0.25, -0.2) is 0 Å². The van der Waals surface area contributed by atoms with Crippen LogP contribution in [0.15, 0.2) is 0 Å². The van der Waals surface area contributed by atoms with Gasteiger partial charge in [-0.1, -0.05) is 13.3 Å². The molecule has 0 aromatic heterocycles. The predicted octanol–water partition coefficient (Wildman–Crippen LogP) is 2.47. The van der Waals surface area contributed by atoms with E-state index in [0.29, 0.717) is 6.04 Å². The number of piperidine rings is 1. The lowest BCUT2D eigenvalue weighted by Crippen LogP contribution is -2.57. The number of likely N-dealkylation sites (tertiary alicyclic amines) is 1. The highest BCUT2D eigenvalue weighted by Gasteiger charge is 2.36. The third-order valence-corrected chi connectivity index (χ3v) is 5.68. The van der Waals surface area contributed by atoms with E-state index in [1.54, 1.807) is 0 Å². The van der Waals surface area contributed by atoms with Gasteiger partial charge in [-0.15, -0.1) is 0 Å². The van der Waals surface area contributed by atoms with Crippen molar-refractivity contribution in [2.75, 3.05) is 12.3 Å². The van der Waals surface area contributed by atoms with Crippen molar-refractivity contribution in [1.29, 1.82) is 0 Å². The zero-order chi connectivity index (χ0) is 11.5. The van der Waals surface area contributed by atoms with Crippen LogP contribution >= 0.6 is 11.8 Å². The fourth-order valence-corrected chi connectivity index (χ4v) is 4.65. The Bertz CT molecular complexity index is 222. The maximum Gasteiger partial charge on any atom is 0.0224 e. The first-order valence-electron chi connectivity index (χ1n) is 6.83. The average Bonchev–Trinajstić information content (AvgIpc) is 2.30. The first-order valence-corrected chi connectivity index (χ1v) is 7.88. The summed E-state index contributed by atoms with van der Waals surface area (Å²) in [7, 11) is 0. The molecule has 2 N–H and O–H groups in total. The number of hydrogen-bond acceptors (Lipinski definition) is 3. The van der Waals surface area contributed by atoms with Crippen molar-refractivity contribution >= 4 is 11.8 Å². The molecule has 2 saturated heterocycles. The predicted molar refractivity (Wildman–Crippen MR) is 72.9 cm³/mol. The van der Waals surface area contributed by atoms with E-state index >= 15 is 0 Å². The van der Waals surface area contributed by atoms with Crippen LogP contribution in [-0.2, 0) is 0 Å². The summed E-state index contributed by atoms with van der Waals surface area (Å²) in [6.07, 6.45) is 6.82. The van der Waals surface area contributed by atoms with Crippen molar-refractivity contribution in [1.82, 2.24) is 4.90 Å². The summed E-state index contributed by atoms with van der Waals surface area (Å²) >= 11 is 2.15. The standard InChI is InChI=1S/C13H26N2S/c1-10-5-3-6-12(9-14)15(10)13-7-4-8-16-11(13)2/h10-13H,3-9,14H2,1-2H3. The highest BCUT2D eigenvalue weighted by molar-refractivity contribution is 7.99. The number of hydrogen-bond donors (Lipinski definition) is 1. The Morgan fingerprint density at radius 2 is 2.00 bits per heavy atom. The Balaban J connectivity index is 2.07. The molecular formula is C13H26N2S. The maximum atomic E-state index is 5.96. The lowest BCUT2D eigenvalue weighted by atomic mass is 9.91. The topological polar surface area (TPSA) is 29.3 Å². The molecule has 94 valence electrons. The van der Waals surface area contributed by atoms with Crippen LogP contribution in [0, 0.1) is 0 Å². The molecule has 0 amide bonds. The van der Waals surface area contributed by atoms with Crippen molar-refractivity contribution < 1.29 is 0 Å². The smallest absolute Gasteiger partial charge is 0.0224 e. The van der Waals surface area contributed by atoms with Gasteiger partial charge in [0.25, 0.3) is 0 Å². The molecule has 0 aromatic carbocycles. The molecule has 0 radical (unpaired) electrons. The molecule has 4 atom stereocenters. The van der Waals surface area contributed by atoms with Crippen LogP contribution in [0.1, 0.15) is 46.0 Å². The molecule has 0 aliphatic carbocycles. The summed E-state index contributed by atoms with van der Waals surface area (Å²) < 4.78 is 0. The third kappa shape index (κ3) is 2.57. The molecule has 2 aliphatic rings. The van der Waals surface area contributed by atoms with Crippen LogP contribution in [0.25, 0.3) is 0 Å². The molecule has 0 saturated carbocycles. The van der Waals surface area contributed by atoms with Crippen molar-refractivity contribution in [2.24, 2.45) is 5.73 Å². The first-order chi connectivity index (χ1) is 7.74. The Morgan fingerprint density at radius 1 is 1.19 bits per heavy atom. The van der Waals surface area contributed by atoms with E-state index < -0.39 is 0 Å². The highest BCUT2D eigenvalue weighted by Crippen LogP contribution is 2.34. The minimum absolute atomic E-state index is 0.648. The summed E-state index contributed by atoms with van der Waals surface area (Å²) in [5.74, 6) is 1.35. The lowest BCUT2D eigenvalue weighted by molar-refractivity contribution is 0.0448. The number of rotatable bonds is 2. The van der Waals surface area contributed by atoms with Crippen molar-refractivity contribution in [3.63, 3.8) is 0 Å². The Kier molecular flexibility index (Phi) is 4.57. The molecule has 3 heteroatoms. The van der Waals surface area contributed by atoms with Gasteiger partial charge >= 0.3 is 0 Å². The van der Waals surface area contributed by atoms with E-state index in [4.69, 9.17) is 5.73 Å².